The monoisotopic (exact) mass is 252 g/mol. The zero-order valence-electron chi connectivity index (χ0n) is 8.80. The first kappa shape index (κ1) is 11.2. The van der Waals surface area contributed by atoms with Gasteiger partial charge in [-0.1, -0.05) is 18.7 Å². The Hall–Kier alpha value is -1.27. The van der Waals surface area contributed by atoms with E-state index in [1.54, 1.807) is 17.8 Å². The molecule has 1 aromatic heterocycles. The van der Waals surface area contributed by atoms with E-state index in [4.69, 9.17) is 11.5 Å². The van der Waals surface area contributed by atoms with Crippen molar-refractivity contribution in [1.82, 2.24) is 9.36 Å². The molecule has 0 bridgehead atoms. The van der Waals surface area contributed by atoms with Crippen LogP contribution in [-0.2, 0) is 6.42 Å². The molecule has 0 saturated carbocycles. The third kappa shape index (κ3) is 2.45. The lowest BCUT2D eigenvalue weighted by Gasteiger charge is -2.02. The lowest BCUT2D eigenvalue weighted by atomic mass is 10.3. The fraction of sp³-hybridized carbons (Fsp3) is 0.200. The summed E-state index contributed by atoms with van der Waals surface area (Å²) in [6, 6.07) is 5.59. The zero-order chi connectivity index (χ0) is 11.5. The lowest BCUT2D eigenvalue weighted by Crippen LogP contribution is -1.93. The molecule has 0 radical (unpaired) electrons. The molecule has 84 valence electrons. The Morgan fingerprint density at radius 1 is 1.31 bits per heavy atom. The predicted molar refractivity (Wildman–Crippen MR) is 68.7 cm³/mol. The van der Waals surface area contributed by atoms with E-state index >= 15 is 0 Å². The Morgan fingerprint density at radius 3 is 2.75 bits per heavy atom. The molecule has 1 heterocycles. The Morgan fingerprint density at radius 2 is 2.12 bits per heavy atom. The van der Waals surface area contributed by atoms with Crippen molar-refractivity contribution in [3.8, 4) is 0 Å². The first-order valence-electron chi connectivity index (χ1n) is 4.84. The largest absolute Gasteiger partial charge is 0.397 e. The summed E-state index contributed by atoms with van der Waals surface area (Å²) < 4.78 is 5.16. The number of aromatic nitrogens is 2. The number of anilines is 2. The van der Waals surface area contributed by atoms with Gasteiger partial charge >= 0.3 is 0 Å². The standard InChI is InChI=1S/C10H12N4S2/c1-2-9-13-10(16-14-9)15-6-3-4-7(11)8(12)5-6/h3-5H,2,11-12H2,1H3. The molecule has 0 aliphatic rings. The second-order valence-electron chi connectivity index (χ2n) is 3.22. The van der Waals surface area contributed by atoms with Crippen molar-refractivity contribution in [3.63, 3.8) is 0 Å². The molecular formula is C10H12N4S2. The van der Waals surface area contributed by atoms with Crippen LogP contribution in [0.25, 0.3) is 0 Å². The van der Waals surface area contributed by atoms with Gasteiger partial charge in [0.1, 0.15) is 5.82 Å². The molecule has 0 unspecified atom stereocenters. The maximum atomic E-state index is 5.73. The van der Waals surface area contributed by atoms with Crippen LogP contribution in [0.4, 0.5) is 11.4 Å². The van der Waals surface area contributed by atoms with Gasteiger partial charge in [0.2, 0.25) is 0 Å². The summed E-state index contributed by atoms with van der Waals surface area (Å²) in [5.74, 6) is 0.885. The van der Waals surface area contributed by atoms with Crippen LogP contribution < -0.4 is 11.5 Å². The zero-order valence-corrected chi connectivity index (χ0v) is 10.4. The molecule has 4 nitrogen and oxygen atoms in total. The number of hydrogen-bond donors (Lipinski definition) is 2. The summed E-state index contributed by atoms with van der Waals surface area (Å²) >= 11 is 2.96. The number of rotatable bonds is 3. The van der Waals surface area contributed by atoms with Gasteiger partial charge in [0.25, 0.3) is 0 Å². The second-order valence-corrected chi connectivity index (χ2v) is 5.30. The van der Waals surface area contributed by atoms with E-state index in [9.17, 15) is 0 Å². The molecule has 2 rings (SSSR count). The number of benzene rings is 1. The summed E-state index contributed by atoms with van der Waals surface area (Å²) in [6.45, 7) is 2.04. The van der Waals surface area contributed by atoms with Crippen LogP contribution >= 0.6 is 23.3 Å². The lowest BCUT2D eigenvalue weighted by molar-refractivity contribution is 0.971. The van der Waals surface area contributed by atoms with E-state index in [0.717, 1.165) is 21.5 Å². The molecule has 0 aliphatic heterocycles. The third-order valence-corrected chi connectivity index (χ3v) is 3.81. The summed E-state index contributed by atoms with van der Waals surface area (Å²) in [7, 11) is 0. The molecule has 4 N–H and O–H groups in total. The van der Waals surface area contributed by atoms with Crippen LogP contribution in [0.3, 0.4) is 0 Å². The Bertz CT molecular complexity index is 495. The van der Waals surface area contributed by atoms with Crippen LogP contribution in [-0.4, -0.2) is 9.36 Å². The van der Waals surface area contributed by atoms with E-state index in [1.165, 1.54) is 11.5 Å². The van der Waals surface area contributed by atoms with Crippen molar-refractivity contribution in [2.75, 3.05) is 11.5 Å². The minimum atomic E-state index is 0.602. The van der Waals surface area contributed by atoms with Gasteiger partial charge < -0.3 is 11.5 Å². The average Bonchev–Trinajstić information content (AvgIpc) is 2.71. The van der Waals surface area contributed by atoms with E-state index in [2.05, 4.69) is 9.36 Å². The van der Waals surface area contributed by atoms with Gasteiger partial charge in [-0.05, 0) is 29.7 Å². The third-order valence-electron chi connectivity index (χ3n) is 2.03. The van der Waals surface area contributed by atoms with Gasteiger partial charge in [-0.15, -0.1) is 0 Å². The van der Waals surface area contributed by atoms with E-state index in [0.29, 0.717) is 11.4 Å². The van der Waals surface area contributed by atoms with Crippen molar-refractivity contribution < 1.29 is 0 Å². The maximum absolute atomic E-state index is 5.73. The maximum Gasteiger partial charge on any atom is 0.174 e. The van der Waals surface area contributed by atoms with Gasteiger partial charge in [0.05, 0.1) is 11.4 Å². The van der Waals surface area contributed by atoms with Gasteiger partial charge in [0, 0.05) is 11.3 Å². The van der Waals surface area contributed by atoms with Crippen molar-refractivity contribution in [2.45, 2.75) is 22.6 Å². The summed E-state index contributed by atoms with van der Waals surface area (Å²) in [5, 5.41) is 0. The Labute approximate surface area is 102 Å². The van der Waals surface area contributed by atoms with E-state index in [-0.39, 0.29) is 0 Å². The normalized spacial score (nSPS) is 10.6. The summed E-state index contributed by atoms with van der Waals surface area (Å²) in [5.41, 5.74) is 12.6. The summed E-state index contributed by atoms with van der Waals surface area (Å²) in [6.07, 6.45) is 0.862. The SMILES string of the molecule is CCc1nsc(Sc2ccc(N)c(N)c2)n1. The highest BCUT2D eigenvalue weighted by molar-refractivity contribution is 8.01. The second kappa shape index (κ2) is 4.71. The molecule has 0 amide bonds. The van der Waals surface area contributed by atoms with Crippen LogP contribution in [0, 0.1) is 0 Å². The first-order chi connectivity index (χ1) is 7.69. The van der Waals surface area contributed by atoms with Crippen LogP contribution in [0.5, 0.6) is 0 Å². The van der Waals surface area contributed by atoms with Crippen molar-refractivity contribution in [1.29, 1.82) is 0 Å². The van der Waals surface area contributed by atoms with Gasteiger partial charge in [0.15, 0.2) is 4.34 Å². The van der Waals surface area contributed by atoms with E-state index < -0.39 is 0 Å². The van der Waals surface area contributed by atoms with Crippen LogP contribution in [0.15, 0.2) is 27.4 Å². The molecule has 1 aromatic carbocycles. The Balaban J connectivity index is 2.17. The van der Waals surface area contributed by atoms with Gasteiger partial charge in [-0.2, -0.15) is 4.37 Å². The quantitative estimate of drug-likeness (QED) is 0.820. The Kier molecular flexibility index (Phi) is 3.31. The van der Waals surface area contributed by atoms with Crippen LogP contribution in [0.2, 0.25) is 0 Å². The highest BCUT2D eigenvalue weighted by Crippen LogP contribution is 2.31. The molecular weight excluding hydrogens is 240 g/mol. The number of nitrogen functional groups attached to an aromatic ring is 2. The molecule has 2 aromatic rings. The predicted octanol–water partition coefficient (Wildman–Crippen LogP) is 2.42. The fourth-order valence-electron chi connectivity index (χ4n) is 1.14. The molecule has 0 spiro atoms. The topological polar surface area (TPSA) is 77.8 Å². The highest BCUT2D eigenvalue weighted by atomic mass is 32.2. The molecule has 0 fully saturated rings. The highest BCUT2D eigenvalue weighted by Gasteiger charge is 2.05. The molecule has 0 atom stereocenters. The fourth-order valence-corrected chi connectivity index (χ4v) is 2.86. The number of aryl methyl sites for hydroxylation is 1. The minimum Gasteiger partial charge on any atom is -0.397 e. The number of nitrogens with two attached hydrogens (primary N) is 2. The minimum absolute atomic E-state index is 0.602. The summed E-state index contributed by atoms with van der Waals surface area (Å²) in [4.78, 5) is 5.41. The molecule has 6 heteroatoms. The van der Waals surface area contributed by atoms with Crippen molar-refractivity contribution in [3.05, 3.63) is 24.0 Å². The number of hydrogen-bond acceptors (Lipinski definition) is 6. The van der Waals surface area contributed by atoms with Gasteiger partial charge in [-0.25, -0.2) is 4.98 Å². The van der Waals surface area contributed by atoms with Crippen molar-refractivity contribution in [2.24, 2.45) is 0 Å². The average molecular weight is 252 g/mol. The van der Waals surface area contributed by atoms with E-state index in [1.807, 2.05) is 19.1 Å². The molecule has 0 aliphatic carbocycles. The molecule has 0 saturated heterocycles. The molecule has 16 heavy (non-hydrogen) atoms. The number of nitrogens with zero attached hydrogens (tertiary/aromatic N) is 2. The van der Waals surface area contributed by atoms with Crippen molar-refractivity contribution >= 4 is 34.7 Å². The first-order valence-corrected chi connectivity index (χ1v) is 6.43. The van der Waals surface area contributed by atoms with Gasteiger partial charge in [-0.3, -0.25) is 0 Å². The smallest absolute Gasteiger partial charge is 0.174 e. The van der Waals surface area contributed by atoms with Crippen LogP contribution in [0.1, 0.15) is 12.7 Å².